The quantitative estimate of drug-likeness (QED) is 0.564. The van der Waals surface area contributed by atoms with Gasteiger partial charge in [0.2, 0.25) is 11.8 Å². The molecule has 172 valence electrons. The van der Waals surface area contributed by atoms with Crippen molar-refractivity contribution in [3.63, 3.8) is 0 Å². The molecule has 1 atom stereocenters. The number of carbonyl (C=O) groups excluding carboxylic acids is 2. The van der Waals surface area contributed by atoms with Crippen LogP contribution in [0.3, 0.4) is 0 Å². The van der Waals surface area contributed by atoms with Gasteiger partial charge in [-0.15, -0.1) is 0 Å². The zero-order valence-electron chi connectivity index (χ0n) is 20.1. The van der Waals surface area contributed by atoms with Crippen LogP contribution in [0.25, 0.3) is 0 Å². The zero-order valence-corrected chi connectivity index (χ0v) is 20.1. The molecular weight excluding hydrogens is 396 g/mol. The highest BCUT2D eigenvalue weighted by Gasteiger charge is 2.28. The van der Waals surface area contributed by atoms with E-state index >= 15 is 0 Å². The lowest BCUT2D eigenvalue weighted by Crippen LogP contribution is -2.49. The molecule has 1 fully saturated rings. The highest BCUT2D eigenvalue weighted by molar-refractivity contribution is 5.87. The van der Waals surface area contributed by atoms with Crippen LogP contribution in [0, 0.1) is 6.92 Å². The smallest absolute Gasteiger partial charge is 0.242 e. The largest absolute Gasteiger partial charge is 0.352 e. The minimum Gasteiger partial charge on any atom is -0.352 e. The standard InChI is InChI=1S/C28H38N2O2/c1-20(2)25-15-12-23(13-16-25)14-17-27(31)30(19-24-9-7-8-21(3)18-24)22(4)28(32)29-26-10-5-6-11-26/h7-9,12-13,15-16,18,20,22,26H,5-6,10-11,14,17,19H2,1-4H3,(H,29,32). The van der Waals surface area contributed by atoms with Crippen LogP contribution in [0.5, 0.6) is 0 Å². The summed E-state index contributed by atoms with van der Waals surface area (Å²) in [6.45, 7) is 8.72. The van der Waals surface area contributed by atoms with Gasteiger partial charge in [0.25, 0.3) is 0 Å². The molecule has 1 N–H and O–H groups in total. The van der Waals surface area contributed by atoms with Gasteiger partial charge in [-0.05, 0) is 55.7 Å². The second kappa shape index (κ2) is 11.3. The zero-order chi connectivity index (χ0) is 23.1. The van der Waals surface area contributed by atoms with Gasteiger partial charge in [0.05, 0.1) is 0 Å². The van der Waals surface area contributed by atoms with Gasteiger partial charge in [-0.1, -0.05) is 80.8 Å². The van der Waals surface area contributed by atoms with Gasteiger partial charge in [0.15, 0.2) is 0 Å². The third-order valence-corrected chi connectivity index (χ3v) is 6.58. The van der Waals surface area contributed by atoms with Crippen molar-refractivity contribution in [2.75, 3.05) is 0 Å². The third kappa shape index (κ3) is 6.69. The minimum atomic E-state index is -0.494. The van der Waals surface area contributed by atoms with Gasteiger partial charge in [-0.2, -0.15) is 0 Å². The summed E-state index contributed by atoms with van der Waals surface area (Å²) in [4.78, 5) is 28.0. The van der Waals surface area contributed by atoms with Crippen LogP contribution < -0.4 is 5.32 Å². The summed E-state index contributed by atoms with van der Waals surface area (Å²) in [6, 6.07) is 16.4. The first-order chi connectivity index (χ1) is 15.3. The van der Waals surface area contributed by atoms with Crippen molar-refractivity contribution in [3.8, 4) is 0 Å². The van der Waals surface area contributed by atoms with E-state index in [0.717, 1.165) is 29.5 Å². The lowest BCUT2D eigenvalue weighted by molar-refractivity contribution is -0.140. The van der Waals surface area contributed by atoms with Crippen LogP contribution in [0.1, 0.15) is 81.0 Å². The summed E-state index contributed by atoms with van der Waals surface area (Å²) in [5.74, 6) is 0.474. The van der Waals surface area contributed by atoms with E-state index < -0.39 is 6.04 Å². The summed E-state index contributed by atoms with van der Waals surface area (Å²) >= 11 is 0. The number of hydrogen-bond donors (Lipinski definition) is 1. The molecule has 0 heterocycles. The van der Waals surface area contributed by atoms with E-state index in [9.17, 15) is 9.59 Å². The number of rotatable bonds is 9. The fraction of sp³-hybridized carbons (Fsp3) is 0.500. The fourth-order valence-corrected chi connectivity index (χ4v) is 4.45. The summed E-state index contributed by atoms with van der Waals surface area (Å²) in [7, 11) is 0. The number of amides is 2. The predicted molar refractivity (Wildman–Crippen MR) is 130 cm³/mol. The van der Waals surface area contributed by atoms with Gasteiger partial charge in [-0.25, -0.2) is 0 Å². The van der Waals surface area contributed by atoms with Gasteiger partial charge < -0.3 is 10.2 Å². The van der Waals surface area contributed by atoms with Crippen LogP contribution in [-0.4, -0.2) is 28.8 Å². The summed E-state index contributed by atoms with van der Waals surface area (Å²) in [5, 5.41) is 3.17. The number of aryl methyl sites for hydroxylation is 2. The fourth-order valence-electron chi connectivity index (χ4n) is 4.45. The van der Waals surface area contributed by atoms with Crippen LogP contribution in [-0.2, 0) is 22.6 Å². The van der Waals surface area contributed by atoms with Gasteiger partial charge in [0, 0.05) is 19.0 Å². The molecule has 0 radical (unpaired) electrons. The average Bonchev–Trinajstić information content (AvgIpc) is 3.28. The molecule has 1 aliphatic rings. The summed E-state index contributed by atoms with van der Waals surface area (Å²) in [6.07, 6.45) is 5.49. The first kappa shape index (κ1) is 24.0. The van der Waals surface area contributed by atoms with Crippen LogP contribution in [0.4, 0.5) is 0 Å². The molecule has 4 nitrogen and oxygen atoms in total. The van der Waals surface area contributed by atoms with E-state index in [4.69, 9.17) is 0 Å². The van der Waals surface area contributed by atoms with Gasteiger partial charge in [-0.3, -0.25) is 9.59 Å². The molecule has 0 aliphatic heterocycles. The van der Waals surface area contributed by atoms with Gasteiger partial charge in [0.1, 0.15) is 6.04 Å². The molecule has 2 aromatic rings. The first-order valence-electron chi connectivity index (χ1n) is 12.1. The maximum Gasteiger partial charge on any atom is 0.242 e. The Balaban J connectivity index is 1.69. The molecule has 4 heteroatoms. The molecule has 0 aromatic heterocycles. The number of nitrogens with zero attached hydrogens (tertiary/aromatic N) is 1. The molecular formula is C28H38N2O2. The molecule has 2 amide bonds. The molecule has 1 unspecified atom stereocenters. The van der Waals surface area contributed by atoms with Gasteiger partial charge >= 0.3 is 0 Å². The lowest BCUT2D eigenvalue weighted by Gasteiger charge is -2.30. The highest BCUT2D eigenvalue weighted by atomic mass is 16.2. The second-order valence-electron chi connectivity index (χ2n) is 9.57. The molecule has 32 heavy (non-hydrogen) atoms. The Morgan fingerprint density at radius 1 is 1.00 bits per heavy atom. The second-order valence-corrected chi connectivity index (χ2v) is 9.57. The van der Waals surface area contributed by atoms with Crippen molar-refractivity contribution in [1.29, 1.82) is 0 Å². The van der Waals surface area contributed by atoms with Crippen molar-refractivity contribution in [2.24, 2.45) is 0 Å². The van der Waals surface area contributed by atoms with Crippen molar-refractivity contribution >= 4 is 11.8 Å². The minimum absolute atomic E-state index is 0.0218. The normalized spacial score (nSPS) is 15.0. The monoisotopic (exact) mass is 434 g/mol. The Morgan fingerprint density at radius 3 is 2.31 bits per heavy atom. The van der Waals surface area contributed by atoms with E-state index in [2.05, 4.69) is 49.5 Å². The Labute approximate surface area is 193 Å². The molecule has 0 bridgehead atoms. The van der Waals surface area contributed by atoms with Crippen molar-refractivity contribution in [2.45, 2.75) is 90.8 Å². The summed E-state index contributed by atoms with van der Waals surface area (Å²) in [5.41, 5.74) is 4.67. The Morgan fingerprint density at radius 2 is 1.69 bits per heavy atom. The number of carbonyl (C=O) groups is 2. The maximum atomic E-state index is 13.3. The first-order valence-corrected chi connectivity index (χ1v) is 12.1. The highest BCUT2D eigenvalue weighted by Crippen LogP contribution is 2.20. The van der Waals surface area contributed by atoms with Crippen molar-refractivity contribution in [1.82, 2.24) is 10.2 Å². The lowest BCUT2D eigenvalue weighted by atomic mass is 10.00. The van der Waals surface area contributed by atoms with E-state index in [-0.39, 0.29) is 17.9 Å². The van der Waals surface area contributed by atoms with E-state index in [1.165, 1.54) is 18.4 Å². The average molecular weight is 435 g/mol. The Hall–Kier alpha value is -2.62. The van der Waals surface area contributed by atoms with E-state index in [1.807, 2.05) is 32.0 Å². The molecule has 2 aromatic carbocycles. The number of nitrogens with one attached hydrogen (secondary N) is 1. The summed E-state index contributed by atoms with van der Waals surface area (Å²) < 4.78 is 0. The number of hydrogen-bond acceptors (Lipinski definition) is 2. The Kier molecular flexibility index (Phi) is 8.49. The molecule has 0 saturated heterocycles. The Bertz CT molecular complexity index is 898. The van der Waals surface area contributed by atoms with Crippen LogP contribution >= 0.6 is 0 Å². The molecule has 1 saturated carbocycles. The maximum absolute atomic E-state index is 13.3. The SMILES string of the molecule is Cc1cccc(CN(C(=O)CCc2ccc(C(C)C)cc2)C(C)C(=O)NC2CCCC2)c1. The third-order valence-electron chi connectivity index (χ3n) is 6.58. The van der Waals surface area contributed by atoms with Crippen molar-refractivity contribution < 1.29 is 9.59 Å². The van der Waals surface area contributed by atoms with Crippen LogP contribution in [0.15, 0.2) is 48.5 Å². The van der Waals surface area contributed by atoms with E-state index in [1.54, 1.807) is 4.90 Å². The number of benzene rings is 2. The molecule has 0 spiro atoms. The topological polar surface area (TPSA) is 49.4 Å². The van der Waals surface area contributed by atoms with E-state index in [0.29, 0.717) is 25.3 Å². The molecule has 1 aliphatic carbocycles. The molecule has 3 rings (SSSR count). The predicted octanol–water partition coefficient (Wildman–Crippen LogP) is 5.53. The van der Waals surface area contributed by atoms with Crippen LogP contribution in [0.2, 0.25) is 0 Å². The van der Waals surface area contributed by atoms with Crippen molar-refractivity contribution in [3.05, 3.63) is 70.8 Å².